The Morgan fingerprint density at radius 3 is 2.56 bits per heavy atom. The third kappa shape index (κ3) is 2.13. The van der Waals surface area contributed by atoms with E-state index in [1.165, 1.54) is 0 Å². The molecule has 1 aromatic rings. The summed E-state index contributed by atoms with van der Waals surface area (Å²) >= 11 is 0. The van der Waals surface area contributed by atoms with E-state index in [1.807, 2.05) is 19.9 Å². The molecule has 1 aromatic carbocycles. The Bertz CT molecular complexity index is 478. The van der Waals surface area contributed by atoms with E-state index in [-0.39, 0.29) is 6.04 Å². The van der Waals surface area contributed by atoms with Crippen LogP contribution in [-0.2, 0) is 10.0 Å². The number of rotatable bonds is 4. The largest absolute Gasteiger partial charge is 0.243 e. The lowest BCUT2D eigenvalue weighted by atomic mass is 10.2. The maximum absolute atomic E-state index is 12.3. The van der Waals surface area contributed by atoms with E-state index in [1.54, 1.807) is 22.5 Å². The number of sulfonamides is 1. The molecule has 0 aliphatic heterocycles. The van der Waals surface area contributed by atoms with Gasteiger partial charge in [0.1, 0.15) is 0 Å². The molecule has 4 heteroatoms. The van der Waals surface area contributed by atoms with Gasteiger partial charge in [0.15, 0.2) is 0 Å². The SMILES string of the molecule is CCN(C1CC1)S(=O)(=O)c1cccc(C)c1. The summed E-state index contributed by atoms with van der Waals surface area (Å²) in [6.07, 6.45) is 2.00. The number of benzene rings is 1. The minimum absolute atomic E-state index is 0.232. The second-order valence-corrected chi connectivity index (χ2v) is 6.15. The van der Waals surface area contributed by atoms with Crippen molar-refractivity contribution in [2.45, 2.75) is 37.6 Å². The highest BCUT2D eigenvalue weighted by molar-refractivity contribution is 7.89. The Kier molecular flexibility index (Phi) is 3.04. The van der Waals surface area contributed by atoms with E-state index in [4.69, 9.17) is 0 Å². The molecule has 1 aliphatic rings. The van der Waals surface area contributed by atoms with E-state index < -0.39 is 10.0 Å². The van der Waals surface area contributed by atoms with Crippen molar-refractivity contribution in [1.82, 2.24) is 4.31 Å². The van der Waals surface area contributed by atoms with Crippen LogP contribution >= 0.6 is 0 Å². The average molecular weight is 239 g/mol. The number of hydrogen-bond donors (Lipinski definition) is 0. The van der Waals surface area contributed by atoms with Crippen molar-refractivity contribution in [2.24, 2.45) is 0 Å². The molecular formula is C12H17NO2S. The number of hydrogen-bond acceptors (Lipinski definition) is 2. The molecule has 16 heavy (non-hydrogen) atoms. The lowest BCUT2D eigenvalue weighted by Crippen LogP contribution is -2.32. The van der Waals surface area contributed by atoms with Crippen LogP contribution in [0.3, 0.4) is 0 Å². The van der Waals surface area contributed by atoms with Crippen molar-refractivity contribution in [3.05, 3.63) is 29.8 Å². The molecule has 0 N–H and O–H groups in total. The second kappa shape index (κ2) is 4.18. The Morgan fingerprint density at radius 2 is 2.06 bits per heavy atom. The smallest absolute Gasteiger partial charge is 0.207 e. The third-order valence-electron chi connectivity index (χ3n) is 2.86. The molecule has 1 fully saturated rings. The van der Waals surface area contributed by atoms with Gasteiger partial charge in [-0.25, -0.2) is 8.42 Å². The first-order valence-electron chi connectivity index (χ1n) is 5.64. The van der Waals surface area contributed by atoms with Gasteiger partial charge in [-0.1, -0.05) is 19.1 Å². The van der Waals surface area contributed by atoms with Gasteiger partial charge in [0, 0.05) is 12.6 Å². The zero-order valence-electron chi connectivity index (χ0n) is 9.68. The van der Waals surface area contributed by atoms with Crippen molar-refractivity contribution in [3.63, 3.8) is 0 Å². The average Bonchev–Trinajstić information content (AvgIpc) is 3.03. The van der Waals surface area contributed by atoms with Gasteiger partial charge in [0.25, 0.3) is 0 Å². The summed E-state index contributed by atoms with van der Waals surface area (Å²) in [5.41, 5.74) is 0.980. The van der Waals surface area contributed by atoms with Crippen LogP contribution in [0.25, 0.3) is 0 Å². The van der Waals surface area contributed by atoms with Crippen LogP contribution in [0.15, 0.2) is 29.2 Å². The fourth-order valence-electron chi connectivity index (χ4n) is 1.90. The standard InChI is InChI=1S/C12H17NO2S/c1-3-13(11-7-8-11)16(14,15)12-6-4-5-10(2)9-12/h4-6,9,11H,3,7-8H2,1-2H3. The maximum Gasteiger partial charge on any atom is 0.243 e. The van der Waals surface area contributed by atoms with Gasteiger partial charge < -0.3 is 0 Å². The minimum Gasteiger partial charge on any atom is -0.207 e. The van der Waals surface area contributed by atoms with Gasteiger partial charge in [0.05, 0.1) is 4.90 Å². The Morgan fingerprint density at radius 1 is 1.38 bits per heavy atom. The van der Waals surface area contributed by atoms with Crippen molar-refractivity contribution in [2.75, 3.05) is 6.54 Å². The summed E-state index contributed by atoms with van der Waals surface area (Å²) in [5.74, 6) is 0. The van der Waals surface area contributed by atoms with E-state index in [0.717, 1.165) is 18.4 Å². The molecule has 0 saturated heterocycles. The first kappa shape index (κ1) is 11.6. The predicted octanol–water partition coefficient (Wildman–Crippen LogP) is 2.17. The van der Waals surface area contributed by atoms with Gasteiger partial charge >= 0.3 is 0 Å². The highest BCUT2D eigenvalue weighted by Gasteiger charge is 2.36. The van der Waals surface area contributed by atoms with Crippen LogP contribution in [0.4, 0.5) is 0 Å². The Labute approximate surface area is 97.1 Å². The van der Waals surface area contributed by atoms with Crippen molar-refractivity contribution in [1.29, 1.82) is 0 Å². The number of nitrogens with zero attached hydrogens (tertiary/aromatic N) is 1. The lowest BCUT2D eigenvalue weighted by Gasteiger charge is -2.20. The van der Waals surface area contributed by atoms with Gasteiger partial charge in [-0.3, -0.25) is 0 Å². The zero-order chi connectivity index (χ0) is 11.8. The van der Waals surface area contributed by atoms with E-state index >= 15 is 0 Å². The van der Waals surface area contributed by atoms with Crippen LogP contribution in [0, 0.1) is 6.92 Å². The van der Waals surface area contributed by atoms with Gasteiger partial charge in [-0.05, 0) is 37.5 Å². The first-order chi connectivity index (χ1) is 7.55. The zero-order valence-corrected chi connectivity index (χ0v) is 10.5. The minimum atomic E-state index is -3.28. The fraction of sp³-hybridized carbons (Fsp3) is 0.500. The third-order valence-corrected chi connectivity index (χ3v) is 4.89. The summed E-state index contributed by atoms with van der Waals surface area (Å²) in [6, 6.07) is 7.35. The molecule has 0 unspecified atom stereocenters. The molecule has 0 bridgehead atoms. The molecule has 3 nitrogen and oxygen atoms in total. The molecule has 0 radical (unpaired) electrons. The molecule has 0 atom stereocenters. The van der Waals surface area contributed by atoms with E-state index in [9.17, 15) is 8.42 Å². The Balaban J connectivity index is 2.37. The van der Waals surface area contributed by atoms with E-state index in [0.29, 0.717) is 11.4 Å². The van der Waals surface area contributed by atoms with Crippen LogP contribution < -0.4 is 0 Å². The van der Waals surface area contributed by atoms with Crippen LogP contribution in [0.1, 0.15) is 25.3 Å². The molecule has 1 saturated carbocycles. The van der Waals surface area contributed by atoms with Crippen molar-refractivity contribution in [3.8, 4) is 0 Å². The molecular weight excluding hydrogens is 222 g/mol. The highest BCUT2D eigenvalue weighted by Crippen LogP contribution is 2.31. The molecule has 1 aliphatic carbocycles. The van der Waals surface area contributed by atoms with Crippen LogP contribution in [0.2, 0.25) is 0 Å². The predicted molar refractivity (Wildman–Crippen MR) is 63.8 cm³/mol. The second-order valence-electron chi connectivity index (χ2n) is 4.26. The van der Waals surface area contributed by atoms with Crippen LogP contribution in [0.5, 0.6) is 0 Å². The molecule has 0 spiro atoms. The lowest BCUT2D eigenvalue weighted by molar-refractivity contribution is 0.421. The quantitative estimate of drug-likeness (QED) is 0.807. The topological polar surface area (TPSA) is 37.4 Å². The number of aryl methyl sites for hydroxylation is 1. The van der Waals surface area contributed by atoms with E-state index in [2.05, 4.69) is 0 Å². The maximum atomic E-state index is 12.3. The monoisotopic (exact) mass is 239 g/mol. The summed E-state index contributed by atoms with van der Waals surface area (Å²) in [7, 11) is -3.28. The normalized spacial score (nSPS) is 16.7. The molecule has 2 rings (SSSR count). The molecule has 0 amide bonds. The van der Waals surface area contributed by atoms with Crippen LogP contribution in [-0.4, -0.2) is 25.3 Å². The van der Waals surface area contributed by atoms with Gasteiger partial charge in [-0.15, -0.1) is 0 Å². The summed E-state index contributed by atoms with van der Waals surface area (Å²) < 4.78 is 26.3. The molecule has 88 valence electrons. The van der Waals surface area contributed by atoms with Gasteiger partial charge in [-0.2, -0.15) is 4.31 Å². The summed E-state index contributed by atoms with van der Waals surface area (Å²) in [6.45, 7) is 4.36. The summed E-state index contributed by atoms with van der Waals surface area (Å²) in [5, 5.41) is 0. The highest BCUT2D eigenvalue weighted by atomic mass is 32.2. The molecule has 0 aromatic heterocycles. The van der Waals surface area contributed by atoms with Crippen molar-refractivity contribution >= 4 is 10.0 Å². The summed E-state index contributed by atoms with van der Waals surface area (Å²) in [4.78, 5) is 0.418. The molecule has 0 heterocycles. The van der Waals surface area contributed by atoms with Gasteiger partial charge in [0.2, 0.25) is 10.0 Å². The van der Waals surface area contributed by atoms with Crippen molar-refractivity contribution < 1.29 is 8.42 Å². The fourth-order valence-corrected chi connectivity index (χ4v) is 3.70. The first-order valence-corrected chi connectivity index (χ1v) is 7.08. The Hall–Kier alpha value is -0.870.